The van der Waals surface area contributed by atoms with Crippen molar-refractivity contribution in [1.29, 1.82) is 0 Å². The van der Waals surface area contributed by atoms with Crippen molar-refractivity contribution in [3.63, 3.8) is 0 Å². The van der Waals surface area contributed by atoms with E-state index in [1.165, 1.54) is 25.7 Å². The van der Waals surface area contributed by atoms with Crippen molar-refractivity contribution >= 4 is 17.7 Å². The molecule has 0 N–H and O–H groups in total. The number of rotatable bonds is 3. The molecular weight excluding hydrogens is 244 g/mol. The van der Waals surface area contributed by atoms with Crippen molar-refractivity contribution in [3.05, 3.63) is 0 Å². The zero-order chi connectivity index (χ0) is 13.0. The van der Waals surface area contributed by atoms with Crippen LogP contribution in [0.1, 0.15) is 39.0 Å². The number of amides is 1. The smallest absolute Gasteiger partial charge is 0.239 e. The molecule has 2 atom stereocenters. The maximum atomic E-state index is 12.6. The van der Waals surface area contributed by atoms with E-state index >= 15 is 0 Å². The first-order valence-electron chi connectivity index (χ1n) is 7.33. The number of likely N-dealkylation sites (N-methyl/N-ethyl adjacent to an activating group) is 1. The van der Waals surface area contributed by atoms with Crippen molar-refractivity contribution in [2.24, 2.45) is 0 Å². The summed E-state index contributed by atoms with van der Waals surface area (Å²) in [6, 6.07) is 0.162. The topological polar surface area (TPSA) is 23.6 Å². The summed E-state index contributed by atoms with van der Waals surface area (Å²) in [6.07, 6.45) is 5.97. The third-order valence-electron chi connectivity index (χ3n) is 4.15. The molecule has 4 heteroatoms. The van der Waals surface area contributed by atoms with Crippen LogP contribution in [-0.4, -0.2) is 59.4 Å². The summed E-state index contributed by atoms with van der Waals surface area (Å²) in [7, 11) is 2.09. The maximum Gasteiger partial charge on any atom is 0.239 e. The Morgan fingerprint density at radius 2 is 2.06 bits per heavy atom. The number of likely N-dealkylation sites (tertiary alicyclic amines) is 2. The van der Waals surface area contributed by atoms with Gasteiger partial charge in [0.05, 0.1) is 6.04 Å². The molecule has 0 aliphatic carbocycles. The molecule has 2 saturated heterocycles. The number of thioether (sulfide) groups is 1. The molecule has 2 fully saturated rings. The van der Waals surface area contributed by atoms with Crippen LogP contribution in [0.25, 0.3) is 0 Å². The van der Waals surface area contributed by atoms with Gasteiger partial charge in [-0.15, -0.1) is 0 Å². The Balaban J connectivity index is 1.95. The van der Waals surface area contributed by atoms with Gasteiger partial charge in [0.2, 0.25) is 5.91 Å². The van der Waals surface area contributed by atoms with Gasteiger partial charge in [0.25, 0.3) is 0 Å². The minimum atomic E-state index is 0.162. The standard InChI is InChI=1S/C14H26N2OS/c1-3-18-12-7-4-5-10-16(11-12)14(17)13-8-6-9-15(13)2/h12-13H,3-11H2,1-2H3/t12?,13-/m1/s1. The largest absolute Gasteiger partial charge is 0.340 e. The molecule has 1 unspecified atom stereocenters. The first-order chi connectivity index (χ1) is 8.72. The molecule has 0 spiro atoms. The molecule has 0 aromatic rings. The molecule has 2 aliphatic heterocycles. The number of hydrogen-bond donors (Lipinski definition) is 0. The lowest BCUT2D eigenvalue weighted by atomic mass is 10.2. The van der Waals surface area contributed by atoms with Gasteiger partial charge in [0.1, 0.15) is 0 Å². The number of nitrogens with zero attached hydrogens (tertiary/aromatic N) is 2. The zero-order valence-electron chi connectivity index (χ0n) is 11.7. The lowest BCUT2D eigenvalue weighted by Gasteiger charge is -2.29. The predicted molar refractivity (Wildman–Crippen MR) is 78.0 cm³/mol. The predicted octanol–water partition coefficient (Wildman–Crippen LogP) is 2.21. The average Bonchev–Trinajstić information content (AvgIpc) is 2.64. The van der Waals surface area contributed by atoms with Gasteiger partial charge in [-0.1, -0.05) is 13.3 Å². The van der Waals surface area contributed by atoms with E-state index in [1.807, 2.05) is 11.8 Å². The lowest BCUT2D eigenvalue weighted by molar-refractivity contribution is -0.135. The fraction of sp³-hybridized carbons (Fsp3) is 0.929. The minimum Gasteiger partial charge on any atom is -0.340 e. The summed E-state index contributed by atoms with van der Waals surface area (Å²) in [4.78, 5) is 17.0. The maximum absolute atomic E-state index is 12.6. The highest BCUT2D eigenvalue weighted by Crippen LogP contribution is 2.24. The third-order valence-corrected chi connectivity index (χ3v) is 5.34. The second kappa shape index (κ2) is 6.80. The van der Waals surface area contributed by atoms with Gasteiger partial charge in [-0.3, -0.25) is 9.69 Å². The van der Waals surface area contributed by atoms with Crippen LogP contribution >= 0.6 is 11.8 Å². The number of carbonyl (C=O) groups is 1. The molecule has 18 heavy (non-hydrogen) atoms. The molecule has 2 heterocycles. The van der Waals surface area contributed by atoms with Crippen LogP contribution in [0.2, 0.25) is 0 Å². The second-order valence-corrected chi connectivity index (χ2v) is 7.07. The number of hydrogen-bond acceptors (Lipinski definition) is 3. The fourth-order valence-corrected chi connectivity index (χ4v) is 4.20. The Hall–Kier alpha value is -0.220. The average molecular weight is 270 g/mol. The van der Waals surface area contributed by atoms with Gasteiger partial charge in [-0.05, 0) is 45.0 Å². The lowest BCUT2D eigenvalue weighted by Crippen LogP contribution is -2.46. The van der Waals surface area contributed by atoms with Crippen molar-refractivity contribution in [2.45, 2.75) is 50.3 Å². The molecule has 0 bridgehead atoms. The summed E-state index contributed by atoms with van der Waals surface area (Å²) in [5, 5.41) is 0.660. The molecule has 0 saturated carbocycles. The Labute approximate surface area is 115 Å². The normalized spacial score (nSPS) is 30.4. The van der Waals surface area contributed by atoms with E-state index in [0.717, 1.165) is 31.8 Å². The Bertz CT molecular complexity index is 285. The minimum absolute atomic E-state index is 0.162. The fourth-order valence-electron chi connectivity index (χ4n) is 3.11. The molecule has 3 nitrogen and oxygen atoms in total. The van der Waals surface area contributed by atoms with Crippen LogP contribution in [0, 0.1) is 0 Å². The van der Waals surface area contributed by atoms with Gasteiger partial charge in [0, 0.05) is 18.3 Å². The summed E-state index contributed by atoms with van der Waals surface area (Å²) in [5.41, 5.74) is 0. The first-order valence-corrected chi connectivity index (χ1v) is 8.38. The Morgan fingerprint density at radius 1 is 1.22 bits per heavy atom. The summed E-state index contributed by atoms with van der Waals surface area (Å²) in [6.45, 7) is 5.25. The molecule has 1 amide bonds. The molecule has 0 radical (unpaired) electrons. The van der Waals surface area contributed by atoms with E-state index in [4.69, 9.17) is 0 Å². The summed E-state index contributed by atoms with van der Waals surface area (Å²) < 4.78 is 0. The van der Waals surface area contributed by atoms with E-state index in [9.17, 15) is 4.79 Å². The summed E-state index contributed by atoms with van der Waals surface area (Å²) >= 11 is 2.02. The van der Waals surface area contributed by atoms with Crippen LogP contribution in [0.15, 0.2) is 0 Å². The molecule has 2 aliphatic rings. The van der Waals surface area contributed by atoms with Crippen LogP contribution in [0.5, 0.6) is 0 Å². The van der Waals surface area contributed by atoms with E-state index < -0.39 is 0 Å². The molecule has 0 aromatic heterocycles. The highest BCUT2D eigenvalue weighted by atomic mass is 32.2. The number of carbonyl (C=O) groups excluding carboxylic acids is 1. The van der Waals surface area contributed by atoms with Gasteiger partial charge in [0.15, 0.2) is 0 Å². The Morgan fingerprint density at radius 3 is 2.72 bits per heavy atom. The molecule has 0 aromatic carbocycles. The van der Waals surface area contributed by atoms with Gasteiger partial charge < -0.3 is 4.90 Å². The van der Waals surface area contributed by atoms with Gasteiger partial charge >= 0.3 is 0 Å². The van der Waals surface area contributed by atoms with E-state index in [-0.39, 0.29) is 6.04 Å². The molecule has 104 valence electrons. The van der Waals surface area contributed by atoms with Crippen LogP contribution in [0.4, 0.5) is 0 Å². The quantitative estimate of drug-likeness (QED) is 0.785. The van der Waals surface area contributed by atoms with E-state index in [2.05, 4.69) is 23.8 Å². The zero-order valence-corrected chi connectivity index (χ0v) is 12.5. The van der Waals surface area contributed by atoms with Crippen LogP contribution < -0.4 is 0 Å². The van der Waals surface area contributed by atoms with E-state index in [1.54, 1.807) is 0 Å². The second-order valence-electron chi connectivity index (χ2n) is 5.50. The molecular formula is C14H26N2OS. The van der Waals surface area contributed by atoms with Crippen LogP contribution in [0.3, 0.4) is 0 Å². The van der Waals surface area contributed by atoms with Crippen molar-refractivity contribution in [2.75, 3.05) is 32.4 Å². The first kappa shape index (κ1) is 14.2. The highest BCUT2D eigenvalue weighted by Gasteiger charge is 2.32. The molecule has 2 rings (SSSR count). The SMILES string of the molecule is CCSC1CCCCN(C(=O)[C@H]2CCCN2C)C1. The van der Waals surface area contributed by atoms with Crippen LogP contribution in [-0.2, 0) is 4.79 Å². The monoisotopic (exact) mass is 270 g/mol. The third kappa shape index (κ3) is 3.41. The van der Waals surface area contributed by atoms with E-state index in [0.29, 0.717) is 11.2 Å². The van der Waals surface area contributed by atoms with Gasteiger partial charge in [-0.2, -0.15) is 11.8 Å². The van der Waals surface area contributed by atoms with Crippen molar-refractivity contribution in [3.8, 4) is 0 Å². The highest BCUT2D eigenvalue weighted by molar-refractivity contribution is 7.99. The van der Waals surface area contributed by atoms with Crippen molar-refractivity contribution in [1.82, 2.24) is 9.80 Å². The Kier molecular flexibility index (Phi) is 5.37. The van der Waals surface area contributed by atoms with Gasteiger partial charge in [-0.25, -0.2) is 0 Å². The van der Waals surface area contributed by atoms with Crippen molar-refractivity contribution < 1.29 is 4.79 Å². The summed E-state index contributed by atoms with van der Waals surface area (Å²) in [5.74, 6) is 1.55.